The Hall–Kier alpha value is -1.84. The lowest BCUT2D eigenvalue weighted by atomic mass is 10.1. The molecule has 20 heavy (non-hydrogen) atoms. The third-order valence-electron chi connectivity index (χ3n) is 3.14. The van der Waals surface area contributed by atoms with E-state index in [1.54, 1.807) is 0 Å². The summed E-state index contributed by atoms with van der Waals surface area (Å²) < 4.78 is 0. The van der Waals surface area contributed by atoms with Crippen molar-refractivity contribution in [3.8, 4) is 0 Å². The van der Waals surface area contributed by atoms with Gasteiger partial charge in [-0.05, 0) is 24.8 Å². The lowest BCUT2D eigenvalue weighted by Crippen LogP contribution is -2.36. The van der Waals surface area contributed by atoms with Gasteiger partial charge in [-0.3, -0.25) is 9.59 Å². The highest BCUT2D eigenvalue weighted by Crippen LogP contribution is 2.06. The van der Waals surface area contributed by atoms with E-state index < -0.39 is 5.97 Å². The quantitative estimate of drug-likeness (QED) is 0.729. The minimum Gasteiger partial charge on any atom is -0.481 e. The molecular formula is C16H23NO3. The van der Waals surface area contributed by atoms with E-state index in [1.165, 1.54) is 5.56 Å². The minimum absolute atomic E-state index is 0.00172. The van der Waals surface area contributed by atoms with Crippen molar-refractivity contribution >= 4 is 11.9 Å². The van der Waals surface area contributed by atoms with Crippen molar-refractivity contribution in [2.45, 2.75) is 51.5 Å². The first-order chi connectivity index (χ1) is 9.61. The van der Waals surface area contributed by atoms with Gasteiger partial charge in [0.2, 0.25) is 5.91 Å². The average molecular weight is 277 g/mol. The van der Waals surface area contributed by atoms with E-state index in [1.807, 2.05) is 37.3 Å². The van der Waals surface area contributed by atoms with Gasteiger partial charge < -0.3 is 10.4 Å². The molecule has 0 aliphatic rings. The summed E-state index contributed by atoms with van der Waals surface area (Å²) in [6.45, 7) is 1.98. The maximum atomic E-state index is 11.8. The topological polar surface area (TPSA) is 66.4 Å². The van der Waals surface area contributed by atoms with Gasteiger partial charge in [0.15, 0.2) is 0 Å². The number of carbonyl (C=O) groups is 2. The van der Waals surface area contributed by atoms with Crippen LogP contribution in [0.2, 0.25) is 0 Å². The zero-order chi connectivity index (χ0) is 14.8. The summed E-state index contributed by atoms with van der Waals surface area (Å²) in [5.74, 6) is -0.923. The molecule has 110 valence electrons. The number of carboxylic acids is 1. The second kappa shape index (κ2) is 9.13. The Balaban J connectivity index is 2.29. The molecule has 0 spiro atoms. The first-order valence-corrected chi connectivity index (χ1v) is 7.17. The van der Waals surface area contributed by atoms with Crippen molar-refractivity contribution in [2.75, 3.05) is 0 Å². The number of hydrogen-bond acceptors (Lipinski definition) is 2. The van der Waals surface area contributed by atoms with Crippen LogP contribution >= 0.6 is 0 Å². The monoisotopic (exact) mass is 277 g/mol. The lowest BCUT2D eigenvalue weighted by molar-refractivity contribution is -0.137. The van der Waals surface area contributed by atoms with Crippen LogP contribution < -0.4 is 5.32 Å². The Morgan fingerprint density at radius 2 is 1.95 bits per heavy atom. The fourth-order valence-electron chi connectivity index (χ4n) is 2.18. The van der Waals surface area contributed by atoms with Crippen molar-refractivity contribution in [1.82, 2.24) is 5.32 Å². The number of rotatable bonds is 9. The average Bonchev–Trinajstić information content (AvgIpc) is 2.39. The molecule has 4 heteroatoms. The number of amides is 1. The molecule has 0 radical (unpaired) electrons. The summed E-state index contributed by atoms with van der Waals surface area (Å²) in [6, 6.07) is 9.78. The molecule has 0 saturated carbocycles. The fourth-order valence-corrected chi connectivity index (χ4v) is 2.18. The summed E-state index contributed by atoms with van der Waals surface area (Å²) >= 11 is 0. The number of carboxylic acid groups (broad SMARTS) is 1. The van der Waals surface area contributed by atoms with Crippen LogP contribution in [0.15, 0.2) is 30.3 Å². The zero-order valence-electron chi connectivity index (χ0n) is 12.0. The van der Waals surface area contributed by atoms with Crippen molar-refractivity contribution in [2.24, 2.45) is 0 Å². The zero-order valence-corrected chi connectivity index (χ0v) is 12.0. The molecule has 1 rings (SSSR count). The second-order valence-corrected chi connectivity index (χ2v) is 4.99. The highest BCUT2D eigenvalue weighted by atomic mass is 16.4. The lowest BCUT2D eigenvalue weighted by Gasteiger charge is -2.16. The van der Waals surface area contributed by atoms with E-state index in [0.717, 1.165) is 19.3 Å². The Morgan fingerprint density at radius 1 is 1.25 bits per heavy atom. The first-order valence-electron chi connectivity index (χ1n) is 7.17. The fraction of sp³-hybridized carbons (Fsp3) is 0.500. The first kappa shape index (κ1) is 16.2. The molecule has 0 heterocycles. The SMILES string of the molecule is CCCC(CC(=O)O)NC(=O)CCCc1ccccc1. The molecule has 1 aromatic carbocycles. The Labute approximate surface area is 120 Å². The predicted octanol–water partition coefficient (Wildman–Crippen LogP) is 2.77. The highest BCUT2D eigenvalue weighted by Gasteiger charge is 2.14. The summed E-state index contributed by atoms with van der Waals surface area (Å²) in [7, 11) is 0. The van der Waals surface area contributed by atoms with Gasteiger partial charge in [0, 0.05) is 12.5 Å². The van der Waals surface area contributed by atoms with E-state index in [0.29, 0.717) is 12.8 Å². The van der Waals surface area contributed by atoms with Gasteiger partial charge in [0.1, 0.15) is 0 Å². The van der Waals surface area contributed by atoms with Crippen LogP contribution in [0.4, 0.5) is 0 Å². The van der Waals surface area contributed by atoms with Gasteiger partial charge in [-0.2, -0.15) is 0 Å². The van der Waals surface area contributed by atoms with Gasteiger partial charge in [-0.15, -0.1) is 0 Å². The molecule has 0 saturated heterocycles. The van der Waals surface area contributed by atoms with Crippen LogP contribution in [-0.2, 0) is 16.0 Å². The maximum absolute atomic E-state index is 11.8. The van der Waals surface area contributed by atoms with Gasteiger partial charge >= 0.3 is 5.97 Å². The van der Waals surface area contributed by atoms with Gasteiger partial charge in [0.05, 0.1) is 6.42 Å². The molecule has 4 nitrogen and oxygen atoms in total. The predicted molar refractivity (Wildman–Crippen MR) is 78.5 cm³/mol. The van der Waals surface area contributed by atoms with Crippen molar-refractivity contribution in [3.05, 3.63) is 35.9 Å². The molecule has 1 amide bonds. The van der Waals surface area contributed by atoms with Gasteiger partial charge in [0.25, 0.3) is 0 Å². The molecule has 0 aliphatic carbocycles. The molecule has 0 bridgehead atoms. The van der Waals surface area contributed by atoms with E-state index in [2.05, 4.69) is 5.32 Å². The largest absolute Gasteiger partial charge is 0.481 e. The smallest absolute Gasteiger partial charge is 0.305 e. The van der Waals surface area contributed by atoms with Crippen molar-refractivity contribution < 1.29 is 14.7 Å². The normalized spacial score (nSPS) is 11.8. The third-order valence-corrected chi connectivity index (χ3v) is 3.14. The van der Waals surface area contributed by atoms with Crippen LogP contribution in [0, 0.1) is 0 Å². The van der Waals surface area contributed by atoms with E-state index in [4.69, 9.17) is 5.11 Å². The number of benzene rings is 1. The highest BCUT2D eigenvalue weighted by molar-refractivity contribution is 5.77. The molecule has 0 aliphatic heterocycles. The molecule has 0 aromatic heterocycles. The molecule has 2 N–H and O–H groups in total. The summed E-state index contributed by atoms with van der Waals surface area (Å²) in [6.07, 6.45) is 3.65. The van der Waals surface area contributed by atoms with Crippen LogP contribution in [-0.4, -0.2) is 23.0 Å². The summed E-state index contributed by atoms with van der Waals surface area (Å²) in [4.78, 5) is 22.5. The van der Waals surface area contributed by atoms with Crippen molar-refractivity contribution in [1.29, 1.82) is 0 Å². The van der Waals surface area contributed by atoms with Crippen LogP contribution in [0.1, 0.15) is 44.6 Å². The Morgan fingerprint density at radius 3 is 2.55 bits per heavy atom. The molecular weight excluding hydrogens is 254 g/mol. The number of carbonyl (C=O) groups excluding carboxylic acids is 1. The van der Waals surface area contributed by atoms with Crippen LogP contribution in [0.3, 0.4) is 0 Å². The summed E-state index contributed by atoms with van der Waals surface area (Å²) in [5.41, 5.74) is 1.22. The van der Waals surface area contributed by atoms with Gasteiger partial charge in [-0.25, -0.2) is 0 Å². The van der Waals surface area contributed by atoms with Crippen LogP contribution in [0.25, 0.3) is 0 Å². The van der Waals surface area contributed by atoms with Crippen LogP contribution in [0.5, 0.6) is 0 Å². The molecule has 1 atom stereocenters. The number of hydrogen-bond donors (Lipinski definition) is 2. The standard InChI is InChI=1S/C16H23NO3/c1-2-7-14(12-16(19)20)17-15(18)11-6-10-13-8-4-3-5-9-13/h3-5,8-9,14H,2,6-7,10-12H2,1H3,(H,17,18)(H,19,20). The van der Waals surface area contributed by atoms with E-state index >= 15 is 0 Å². The van der Waals surface area contributed by atoms with Gasteiger partial charge in [-0.1, -0.05) is 43.7 Å². The molecule has 1 unspecified atom stereocenters. The number of nitrogens with one attached hydrogen (secondary N) is 1. The Kier molecular flexibility index (Phi) is 7.40. The maximum Gasteiger partial charge on any atom is 0.305 e. The van der Waals surface area contributed by atoms with E-state index in [-0.39, 0.29) is 18.4 Å². The summed E-state index contributed by atoms with van der Waals surface area (Å²) in [5, 5.41) is 11.6. The molecule has 1 aromatic rings. The number of aliphatic carboxylic acids is 1. The minimum atomic E-state index is -0.868. The molecule has 0 fully saturated rings. The van der Waals surface area contributed by atoms with Crippen molar-refractivity contribution in [3.63, 3.8) is 0 Å². The third kappa shape index (κ3) is 6.92. The number of aryl methyl sites for hydroxylation is 1. The Bertz CT molecular complexity index is 417. The second-order valence-electron chi connectivity index (χ2n) is 4.99. The van der Waals surface area contributed by atoms with E-state index in [9.17, 15) is 9.59 Å².